The van der Waals surface area contributed by atoms with Crippen molar-refractivity contribution in [3.05, 3.63) is 47.0 Å². The van der Waals surface area contributed by atoms with Gasteiger partial charge in [0.2, 0.25) is 0 Å². The summed E-state index contributed by atoms with van der Waals surface area (Å²) in [6.45, 7) is 7.75. The first-order valence-corrected chi connectivity index (χ1v) is 8.58. The maximum Gasteiger partial charge on any atom is 0.312 e. The fourth-order valence-electron chi connectivity index (χ4n) is 2.35. The topological polar surface area (TPSA) is 98.3 Å². The zero-order valence-corrected chi connectivity index (χ0v) is 16.5. The van der Waals surface area contributed by atoms with Gasteiger partial charge in [0.25, 0.3) is 0 Å². The molecule has 0 saturated heterocycles. The quantitative estimate of drug-likeness (QED) is 0.183. The molecule has 1 heterocycles. The third-order valence-corrected chi connectivity index (χ3v) is 4.12. The van der Waals surface area contributed by atoms with Gasteiger partial charge in [-0.1, -0.05) is 19.8 Å². The molecule has 0 bridgehead atoms. The van der Waals surface area contributed by atoms with Gasteiger partial charge < -0.3 is 15.2 Å². The molecule has 1 rings (SSSR count). The monoisotopic (exact) mass is 369 g/mol. The first-order valence-electron chi connectivity index (χ1n) is 8.58. The average molecular weight is 369 g/mol. The Balaban J connectivity index is 2.93. The van der Waals surface area contributed by atoms with Crippen LogP contribution < -0.4 is 5.73 Å². The smallest absolute Gasteiger partial charge is 0.312 e. The number of rotatable bonds is 8. The van der Waals surface area contributed by atoms with Crippen LogP contribution in [0.3, 0.4) is 0 Å². The molecule has 3 N–H and O–H groups in total. The van der Waals surface area contributed by atoms with Crippen molar-refractivity contribution in [1.82, 2.24) is 4.98 Å². The van der Waals surface area contributed by atoms with E-state index in [0.29, 0.717) is 22.6 Å². The Morgan fingerprint density at radius 2 is 2.11 bits per heavy atom. The largest absolute Gasteiger partial charge is 0.497 e. The highest BCUT2D eigenvalue weighted by Crippen LogP contribution is 2.17. The molecule has 0 saturated carbocycles. The van der Waals surface area contributed by atoms with E-state index in [4.69, 9.17) is 27.0 Å². The van der Waals surface area contributed by atoms with Crippen molar-refractivity contribution < 1.29 is 14.3 Å². The Kier molecular flexibility index (Phi) is 8.28. The Bertz CT molecular complexity index is 801. The molecule has 6 nitrogen and oxygen atoms in total. The van der Waals surface area contributed by atoms with E-state index in [2.05, 4.69) is 10.9 Å². The van der Waals surface area contributed by atoms with Crippen LogP contribution in [0.2, 0.25) is 0 Å². The summed E-state index contributed by atoms with van der Waals surface area (Å²) < 4.78 is 10.5. The number of carbonyl (C=O) groups excluding carboxylic acids is 1. The summed E-state index contributed by atoms with van der Waals surface area (Å²) in [6.07, 6.45) is 10.6. The number of nitrogens with one attached hydrogen (secondary N) is 1. The Hall–Kier alpha value is -3.07. The molecule has 0 spiro atoms. The van der Waals surface area contributed by atoms with Crippen LogP contribution in [0.25, 0.3) is 5.57 Å². The molecule has 27 heavy (non-hydrogen) atoms. The minimum Gasteiger partial charge on any atom is -0.497 e. The third-order valence-electron chi connectivity index (χ3n) is 4.12. The molecule has 0 aromatic carbocycles. The van der Waals surface area contributed by atoms with Crippen molar-refractivity contribution in [2.75, 3.05) is 13.7 Å². The van der Waals surface area contributed by atoms with Gasteiger partial charge in [-0.15, -0.1) is 6.42 Å². The van der Waals surface area contributed by atoms with E-state index in [0.717, 1.165) is 5.56 Å². The number of ether oxygens (including phenoxy) is 2. The third kappa shape index (κ3) is 6.30. The zero-order valence-electron chi connectivity index (χ0n) is 16.5. The molecule has 144 valence electrons. The maximum absolute atomic E-state index is 11.8. The number of nitrogen functional groups attached to an aromatic ring is 1. The number of allylic oxidation sites excluding steroid dienone is 4. The lowest BCUT2D eigenvalue weighted by Gasteiger charge is -2.18. The minimum atomic E-state index is -0.335. The van der Waals surface area contributed by atoms with Gasteiger partial charge in [0.15, 0.2) is 0 Å². The maximum atomic E-state index is 11.8. The summed E-state index contributed by atoms with van der Waals surface area (Å²) in [5, 5.41) is 7.51. The molecule has 1 unspecified atom stereocenters. The predicted molar refractivity (Wildman–Crippen MR) is 107 cm³/mol. The second-order valence-corrected chi connectivity index (χ2v) is 6.48. The lowest BCUT2D eigenvalue weighted by molar-refractivity contribution is -0.148. The minimum absolute atomic E-state index is 0.0350. The van der Waals surface area contributed by atoms with Crippen LogP contribution in [-0.2, 0) is 14.3 Å². The van der Waals surface area contributed by atoms with Crippen molar-refractivity contribution in [3.63, 3.8) is 0 Å². The molecule has 0 aliphatic heterocycles. The molecular formula is C21H27N3O3. The molecule has 0 amide bonds. The second-order valence-electron chi connectivity index (χ2n) is 6.48. The number of pyridine rings is 1. The molecule has 1 aromatic rings. The normalized spacial score (nSPS) is 13.1. The number of methoxy groups -OCH3 is 1. The summed E-state index contributed by atoms with van der Waals surface area (Å²) in [4.78, 5) is 16.1. The van der Waals surface area contributed by atoms with Crippen LogP contribution in [0.5, 0.6) is 0 Å². The van der Waals surface area contributed by atoms with Crippen molar-refractivity contribution in [3.8, 4) is 12.3 Å². The first-order chi connectivity index (χ1) is 12.7. The zero-order chi connectivity index (χ0) is 20.6. The highest BCUT2D eigenvalue weighted by Gasteiger charge is 2.23. The van der Waals surface area contributed by atoms with Crippen LogP contribution in [-0.4, -0.2) is 30.5 Å². The molecule has 0 aliphatic carbocycles. The highest BCUT2D eigenvalue weighted by atomic mass is 16.5. The second kappa shape index (κ2) is 10.2. The fraction of sp³-hybridized carbons (Fsp3) is 0.381. The van der Waals surface area contributed by atoms with E-state index in [1.54, 1.807) is 25.1 Å². The van der Waals surface area contributed by atoms with Crippen molar-refractivity contribution in [1.29, 1.82) is 5.41 Å². The molecule has 0 radical (unpaired) electrons. The number of aromatic nitrogens is 1. The number of carbonyl (C=O) groups is 1. The van der Waals surface area contributed by atoms with Gasteiger partial charge >= 0.3 is 5.97 Å². The summed E-state index contributed by atoms with van der Waals surface area (Å²) in [5.41, 5.74) is 8.09. The Labute approximate surface area is 161 Å². The number of aryl methyl sites for hydroxylation is 1. The summed E-state index contributed by atoms with van der Waals surface area (Å²) in [6, 6.07) is 1.79. The highest BCUT2D eigenvalue weighted by molar-refractivity contribution is 5.96. The number of nitrogens with two attached hydrogens (primary N) is 1. The van der Waals surface area contributed by atoms with E-state index >= 15 is 0 Å². The molecule has 6 heteroatoms. The van der Waals surface area contributed by atoms with Crippen LogP contribution in [0.1, 0.15) is 37.6 Å². The number of hydrogen-bond acceptors (Lipinski definition) is 5. The summed E-state index contributed by atoms with van der Waals surface area (Å²) >= 11 is 0. The van der Waals surface area contributed by atoms with E-state index in [-0.39, 0.29) is 30.2 Å². The molecule has 0 fully saturated rings. The number of esters is 1. The SMILES string of the molecule is C#C/C(=C\C=C(/C)OCC(C(=O)OC)C(C)C)c1cc(C)c(C(=N)N)cn1. The number of nitrogens with zero attached hydrogens (tertiary/aromatic N) is 1. The number of terminal acetylenes is 1. The van der Waals surface area contributed by atoms with Gasteiger partial charge in [0.05, 0.1) is 30.1 Å². The van der Waals surface area contributed by atoms with Crippen LogP contribution >= 0.6 is 0 Å². The molecule has 0 aliphatic rings. The van der Waals surface area contributed by atoms with E-state index < -0.39 is 0 Å². The van der Waals surface area contributed by atoms with E-state index in [1.165, 1.54) is 13.3 Å². The average Bonchev–Trinajstić information content (AvgIpc) is 2.61. The van der Waals surface area contributed by atoms with Crippen molar-refractivity contribution in [2.45, 2.75) is 27.7 Å². The van der Waals surface area contributed by atoms with E-state index in [1.807, 2.05) is 20.8 Å². The number of amidine groups is 1. The lowest BCUT2D eigenvalue weighted by atomic mass is 9.97. The van der Waals surface area contributed by atoms with Gasteiger partial charge in [-0.2, -0.15) is 0 Å². The van der Waals surface area contributed by atoms with Crippen LogP contribution in [0.4, 0.5) is 0 Å². The molecular weight excluding hydrogens is 342 g/mol. The Morgan fingerprint density at radius 3 is 2.59 bits per heavy atom. The van der Waals surface area contributed by atoms with Crippen LogP contribution in [0, 0.1) is 36.5 Å². The summed E-state index contributed by atoms with van der Waals surface area (Å²) in [7, 11) is 1.37. The molecule has 1 atom stereocenters. The fourth-order valence-corrected chi connectivity index (χ4v) is 2.35. The molecule has 1 aromatic heterocycles. The summed E-state index contributed by atoms with van der Waals surface area (Å²) in [5.74, 6) is 2.67. The van der Waals surface area contributed by atoms with Gasteiger partial charge in [0.1, 0.15) is 12.4 Å². The van der Waals surface area contributed by atoms with Gasteiger partial charge in [-0.25, -0.2) is 0 Å². The number of hydrogen-bond donors (Lipinski definition) is 2. The van der Waals surface area contributed by atoms with Crippen molar-refractivity contribution >= 4 is 17.4 Å². The predicted octanol–water partition coefficient (Wildman–Crippen LogP) is 3.06. The van der Waals surface area contributed by atoms with E-state index in [9.17, 15) is 4.79 Å². The standard InChI is InChI=1S/C21H27N3O3/c1-7-16(19-10-14(4)17(11-24-19)20(22)23)9-8-15(5)27-12-18(13(2)3)21(25)26-6/h1,8-11,13,18H,12H2,2-6H3,(H3,22,23)/b15-8+,16-9+. The van der Waals surface area contributed by atoms with Gasteiger partial charge in [-0.05, 0) is 43.5 Å². The first kappa shape index (κ1) is 22.0. The lowest BCUT2D eigenvalue weighted by Crippen LogP contribution is -2.26. The van der Waals surface area contributed by atoms with Gasteiger partial charge in [0, 0.05) is 11.8 Å². The van der Waals surface area contributed by atoms with Crippen LogP contribution in [0.15, 0.2) is 30.2 Å². The van der Waals surface area contributed by atoms with Gasteiger partial charge in [-0.3, -0.25) is 15.2 Å². The van der Waals surface area contributed by atoms with Crippen molar-refractivity contribution in [2.24, 2.45) is 17.6 Å². The Morgan fingerprint density at radius 1 is 1.44 bits per heavy atom.